The van der Waals surface area contributed by atoms with E-state index in [1.165, 1.54) is 0 Å². The van der Waals surface area contributed by atoms with Gasteiger partial charge >= 0.3 is 0 Å². The van der Waals surface area contributed by atoms with E-state index >= 15 is 0 Å². The molecule has 1 heterocycles. The number of hydrogen-bond acceptors (Lipinski definition) is 3. The van der Waals surface area contributed by atoms with Crippen LogP contribution in [0.1, 0.15) is 5.56 Å². The summed E-state index contributed by atoms with van der Waals surface area (Å²) in [6, 6.07) is 5.36. The number of benzene rings is 1. The van der Waals surface area contributed by atoms with Gasteiger partial charge in [-0.2, -0.15) is 0 Å². The summed E-state index contributed by atoms with van der Waals surface area (Å²) in [6.45, 7) is 0. The molecule has 1 aromatic carbocycles. The molecule has 0 radical (unpaired) electrons. The van der Waals surface area contributed by atoms with Gasteiger partial charge in [0.1, 0.15) is 5.75 Å². The number of hydrogen-bond donors (Lipinski definition) is 2. The van der Waals surface area contributed by atoms with Crippen LogP contribution in [0.3, 0.4) is 0 Å². The van der Waals surface area contributed by atoms with E-state index in [-0.39, 0.29) is 0 Å². The molecule has 17 heavy (non-hydrogen) atoms. The normalized spacial score (nSPS) is 22.9. The lowest BCUT2D eigenvalue weighted by Gasteiger charge is -2.28. The van der Waals surface area contributed by atoms with E-state index in [1.807, 2.05) is 6.07 Å². The van der Waals surface area contributed by atoms with Gasteiger partial charge in [0.2, 0.25) is 0 Å². The summed E-state index contributed by atoms with van der Waals surface area (Å²) in [5, 5.41) is 3.54. The molecule has 1 atom stereocenters. The summed E-state index contributed by atoms with van der Waals surface area (Å²) < 4.78 is 5.09. The summed E-state index contributed by atoms with van der Waals surface area (Å²) in [5.74, 6) is 0.610. The van der Waals surface area contributed by atoms with Gasteiger partial charge in [0.15, 0.2) is 5.00 Å². The van der Waals surface area contributed by atoms with Crippen LogP contribution in [0.25, 0.3) is 0 Å². The molecule has 1 unspecified atom stereocenters. The third-order valence-electron chi connectivity index (χ3n) is 2.51. The molecule has 1 aromatic rings. The van der Waals surface area contributed by atoms with Crippen molar-refractivity contribution in [3.05, 3.63) is 52.8 Å². The Morgan fingerprint density at radius 3 is 2.76 bits per heavy atom. The van der Waals surface area contributed by atoms with Crippen LogP contribution in [0.4, 0.5) is 0 Å². The molecule has 0 spiro atoms. The van der Waals surface area contributed by atoms with Crippen LogP contribution in [-0.2, 0) is 5.00 Å². The summed E-state index contributed by atoms with van der Waals surface area (Å²) >= 11 is 12.5. The zero-order chi connectivity index (χ0) is 12.5. The van der Waals surface area contributed by atoms with E-state index in [0.29, 0.717) is 16.5 Å². The SMILES string of the molecule is COc1ccc(C2(Cl)C=C(N)C=CN2)cc1Cl. The van der Waals surface area contributed by atoms with Crippen LogP contribution >= 0.6 is 23.2 Å². The Balaban J connectivity index is 2.41. The van der Waals surface area contributed by atoms with Gasteiger partial charge in [0, 0.05) is 11.9 Å². The van der Waals surface area contributed by atoms with E-state index in [1.54, 1.807) is 37.6 Å². The highest BCUT2D eigenvalue weighted by Crippen LogP contribution is 2.35. The van der Waals surface area contributed by atoms with E-state index in [4.69, 9.17) is 33.7 Å². The first-order valence-corrected chi connectivity index (χ1v) is 5.76. The molecule has 0 saturated carbocycles. The lowest BCUT2D eigenvalue weighted by atomic mass is 10.0. The highest BCUT2D eigenvalue weighted by molar-refractivity contribution is 6.32. The van der Waals surface area contributed by atoms with Crippen LogP contribution < -0.4 is 15.8 Å². The smallest absolute Gasteiger partial charge is 0.159 e. The van der Waals surface area contributed by atoms with Gasteiger partial charge in [-0.3, -0.25) is 0 Å². The number of nitrogens with one attached hydrogen (secondary N) is 1. The highest BCUT2D eigenvalue weighted by atomic mass is 35.5. The minimum Gasteiger partial charge on any atom is -0.495 e. The molecule has 3 N–H and O–H groups in total. The number of halogens is 2. The average Bonchev–Trinajstić information content (AvgIpc) is 2.28. The lowest BCUT2D eigenvalue weighted by Crippen LogP contribution is -2.34. The second-order valence-corrected chi connectivity index (χ2v) is 4.69. The first-order chi connectivity index (χ1) is 8.05. The Morgan fingerprint density at radius 2 is 2.18 bits per heavy atom. The van der Waals surface area contributed by atoms with Gasteiger partial charge in [-0.05, 0) is 29.8 Å². The zero-order valence-electron chi connectivity index (χ0n) is 9.21. The largest absolute Gasteiger partial charge is 0.495 e. The molecule has 1 aliphatic heterocycles. The maximum absolute atomic E-state index is 6.44. The van der Waals surface area contributed by atoms with Crippen LogP contribution in [0.5, 0.6) is 5.75 Å². The van der Waals surface area contributed by atoms with Crippen molar-refractivity contribution in [3.63, 3.8) is 0 Å². The van der Waals surface area contributed by atoms with Gasteiger partial charge in [0.25, 0.3) is 0 Å². The van der Waals surface area contributed by atoms with Crippen LogP contribution in [0.15, 0.2) is 42.2 Å². The topological polar surface area (TPSA) is 47.3 Å². The molecule has 0 fully saturated rings. The summed E-state index contributed by atoms with van der Waals surface area (Å²) in [7, 11) is 1.57. The molecule has 2 rings (SSSR count). The minimum atomic E-state index is -0.866. The van der Waals surface area contributed by atoms with Crippen molar-refractivity contribution in [2.75, 3.05) is 7.11 Å². The quantitative estimate of drug-likeness (QED) is 0.642. The second kappa shape index (κ2) is 4.51. The first-order valence-electron chi connectivity index (χ1n) is 5.01. The molecule has 0 saturated heterocycles. The molecule has 0 aliphatic carbocycles. The van der Waals surface area contributed by atoms with Crippen LogP contribution in [0, 0.1) is 0 Å². The Kier molecular flexibility index (Phi) is 3.22. The third-order valence-corrected chi connectivity index (χ3v) is 3.24. The Morgan fingerprint density at radius 1 is 1.41 bits per heavy atom. The number of rotatable bonds is 2. The average molecular weight is 271 g/mol. The van der Waals surface area contributed by atoms with Gasteiger partial charge in [-0.15, -0.1) is 0 Å². The fourth-order valence-corrected chi connectivity index (χ4v) is 2.20. The van der Waals surface area contributed by atoms with E-state index in [9.17, 15) is 0 Å². The summed E-state index contributed by atoms with van der Waals surface area (Å²) in [4.78, 5) is -0.866. The molecule has 5 heteroatoms. The fraction of sp³-hybridized carbons (Fsp3) is 0.167. The highest BCUT2D eigenvalue weighted by Gasteiger charge is 2.28. The summed E-state index contributed by atoms with van der Waals surface area (Å²) in [6.07, 6.45) is 5.18. The van der Waals surface area contributed by atoms with E-state index in [2.05, 4.69) is 5.32 Å². The minimum absolute atomic E-state index is 0.508. The van der Waals surface area contributed by atoms with Gasteiger partial charge < -0.3 is 15.8 Å². The molecule has 3 nitrogen and oxygen atoms in total. The molecular formula is C12H12Cl2N2O. The predicted molar refractivity (Wildman–Crippen MR) is 70.1 cm³/mol. The first kappa shape index (κ1) is 12.1. The number of dihydropyridines is 1. The zero-order valence-corrected chi connectivity index (χ0v) is 10.7. The molecule has 0 amide bonds. The Hall–Kier alpha value is -1.32. The van der Waals surface area contributed by atoms with Crippen LogP contribution in [0.2, 0.25) is 5.02 Å². The number of alkyl halides is 1. The lowest BCUT2D eigenvalue weighted by molar-refractivity contribution is 0.414. The molecule has 90 valence electrons. The number of allylic oxidation sites excluding steroid dienone is 1. The molecular weight excluding hydrogens is 259 g/mol. The van der Waals surface area contributed by atoms with Crippen molar-refractivity contribution in [1.29, 1.82) is 0 Å². The maximum atomic E-state index is 6.44. The number of ether oxygens (including phenoxy) is 1. The van der Waals surface area contributed by atoms with Crippen molar-refractivity contribution in [1.82, 2.24) is 5.32 Å². The van der Waals surface area contributed by atoms with Crippen LogP contribution in [-0.4, -0.2) is 7.11 Å². The standard InChI is InChI=1S/C12H12Cl2N2O/c1-17-11-3-2-8(6-10(11)13)12(14)7-9(15)4-5-16-12/h2-7,16H,15H2,1H3. The Labute approximate surface area is 110 Å². The maximum Gasteiger partial charge on any atom is 0.159 e. The van der Waals surface area contributed by atoms with Crippen molar-refractivity contribution in [2.45, 2.75) is 5.00 Å². The molecule has 1 aliphatic rings. The van der Waals surface area contributed by atoms with E-state index in [0.717, 1.165) is 5.56 Å². The molecule has 0 bridgehead atoms. The van der Waals surface area contributed by atoms with Crippen molar-refractivity contribution in [3.8, 4) is 5.75 Å². The van der Waals surface area contributed by atoms with E-state index < -0.39 is 5.00 Å². The predicted octanol–water partition coefficient (Wildman–Crippen LogP) is 2.70. The Bertz CT molecular complexity index is 499. The van der Waals surface area contributed by atoms with Crippen molar-refractivity contribution < 1.29 is 4.74 Å². The third kappa shape index (κ3) is 2.35. The van der Waals surface area contributed by atoms with Gasteiger partial charge in [-0.1, -0.05) is 29.3 Å². The second-order valence-electron chi connectivity index (χ2n) is 3.68. The monoisotopic (exact) mass is 270 g/mol. The number of nitrogens with two attached hydrogens (primary N) is 1. The van der Waals surface area contributed by atoms with Crippen molar-refractivity contribution >= 4 is 23.2 Å². The van der Waals surface area contributed by atoms with Gasteiger partial charge in [-0.25, -0.2) is 0 Å². The fourth-order valence-electron chi connectivity index (χ4n) is 1.64. The van der Waals surface area contributed by atoms with Gasteiger partial charge in [0.05, 0.1) is 12.1 Å². The molecule has 0 aromatic heterocycles. The summed E-state index contributed by atoms with van der Waals surface area (Å²) in [5.41, 5.74) is 7.14. The van der Waals surface area contributed by atoms with Crippen molar-refractivity contribution in [2.24, 2.45) is 5.73 Å². The number of methoxy groups -OCH3 is 1.